The molecular weight excluding hydrogens is 358 g/mol. The van der Waals surface area contributed by atoms with E-state index in [-0.39, 0.29) is 30.7 Å². The summed E-state index contributed by atoms with van der Waals surface area (Å²) in [6.45, 7) is -0.00370. The molecule has 0 spiro atoms. The first-order valence-corrected chi connectivity index (χ1v) is 8.66. The van der Waals surface area contributed by atoms with Crippen LogP contribution in [0, 0.1) is 0 Å². The SMILES string of the molecule is CN1c2ccccc2C(c2ccc(N)cc2)c2c(C(=O)CN)cccc21.Cl. The molecule has 4 rings (SSSR count). The van der Waals surface area contributed by atoms with Crippen LogP contribution in [0.1, 0.15) is 33.0 Å². The molecule has 5 heteroatoms. The van der Waals surface area contributed by atoms with E-state index in [1.54, 1.807) is 0 Å². The van der Waals surface area contributed by atoms with Gasteiger partial charge in [-0.2, -0.15) is 0 Å². The molecule has 0 bridgehead atoms. The Morgan fingerprint density at radius 1 is 0.963 bits per heavy atom. The highest BCUT2D eigenvalue weighted by Crippen LogP contribution is 2.48. The molecule has 0 aromatic heterocycles. The number of fused-ring (bicyclic) bond motifs is 2. The summed E-state index contributed by atoms with van der Waals surface area (Å²) in [6.07, 6.45) is 0. The fraction of sp³-hybridized carbons (Fsp3) is 0.136. The van der Waals surface area contributed by atoms with Gasteiger partial charge < -0.3 is 16.4 Å². The van der Waals surface area contributed by atoms with Crippen LogP contribution in [0.3, 0.4) is 0 Å². The van der Waals surface area contributed by atoms with Crippen molar-refractivity contribution in [3.8, 4) is 0 Å². The summed E-state index contributed by atoms with van der Waals surface area (Å²) in [5.41, 5.74) is 18.4. The first-order valence-electron chi connectivity index (χ1n) is 8.66. The van der Waals surface area contributed by atoms with Gasteiger partial charge in [-0.15, -0.1) is 12.4 Å². The van der Waals surface area contributed by atoms with Crippen LogP contribution in [-0.2, 0) is 0 Å². The summed E-state index contributed by atoms with van der Waals surface area (Å²) in [6, 6.07) is 22.1. The molecule has 0 aliphatic carbocycles. The Morgan fingerprint density at radius 2 is 1.63 bits per heavy atom. The highest BCUT2D eigenvalue weighted by atomic mass is 35.5. The Hall–Kier alpha value is -2.82. The lowest BCUT2D eigenvalue weighted by Crippen LogP contribution is -2.26. The molecule has 0 radical (unpaired) electrons. The van der Waals surface area contributed by atoms with Crippen LogP contribution in [0.4, 0.5) is 17.1 Å². The van der Waals surface area contributed by atoms with Crippen molar-refractivity contribution < 1.29 is 4.79 Å². The maximum Gasteiger partial charge on any atom is 0.176 e. The Morgan fingerprint density at radius 3 is 2.33 bits per heavy atom. The van der Waals surface area contributed by atoms with E-state index in [1.165, 1.54) is 5.56 Å². The van der Waals surface area contributed by atoms with Gasteiger partial charge >= 0.3 is 0 Å². The number of hydrogen-bond donors (Lipinski definition) is 2. The van der Waals surface area contributed by atoms with E-state index in [9.17, 15) is 4.79 Å². The number of nitrogens with two attached hydrogens (primary N) is 2. The molecule has 1 aliphatic heterocycles. The summed E-state index contributed by atoms with van der Waals surface area (Å²) in [5.74, 6) is -0.0835. The van der Waals surface area contributed by atoms with E-state index in [1.807, 2.05) is 55.6 Å². The second-order valence-electron chi connectivity index (χ2n) is 6.58. The van der Waals surface area contributed by atoms with Gasteiger partial charge in [0.05, 0.1) is 6.54 Å². The van der Waals surface area contributed by atoms with Crippen LogP contribution in [0.25, 0.3) is 0 Å². The van der Waals surface area contributed by atoms with Crippen molar-refractivity contribution in [2.45, 2.75) is 5.92 Å². The van der Waals surface area contributed by atoms with Crippen LogP contribution in [0.15, 0.2) is 66.7 Å². The Labute approximate surface area is 165 Å². The first kappa shape index (κ1) is 19.0. The summed E-state index contributed by atoms with van der Waals surface area (Å²) in [7, 11) is 2.04. The number of nitrogen functional groups attached to an aromatic ring is 1. The minimum absolute atomic E-state index is 0. The van der Waals surface area contributed by atoms with E-state index < -0.39 is 0 Å². The average Bonchev–Trinajstić information content (AvgIpc) is 2.68. The third-order valence-corrected chi connectivity index (χ3v) is 5.10. The third kappa shape index (κ3) is 3.07. The number of para-hydroxylation sites is 1. The molecule has 1 unspecified atom stereocenters. The van der Waals surface area contributed by atoms with Crippen LogP contribution >= 0.6 is 12.4 Å². The maximum absolute atomic E-state index is 12.6. The molecule has 1 heterocycles. The third-order valence-electron chi connectivity index (χ3n) is 5.10. The number of carbonyl (C=O) groups excluding carboxylic acids is 1. The topological polar surface area (TPSA) is 72.3 Å². The normalized spacial score (nSPS) is 14.7. The molecular formula is C22H22ClN3O. The van der Waals surface area contributed by atoms with Gasteiger partial charge in [-0.1, -0.05) is 42.5 Å². The van der Waals surface area contributed by atoms with Crippen molar-refractivity contribution in [2.24, 2.45) is 5.73 Å². The molecule has 1 aliphatic rings. The number of anilines is 3. The molecule has 3 aromatic rings. The van der Waals surface area contributed by atoms with Crippen molar-refractivity contribution in [3.63, 3.8) is 0 Å². The average molecular weight is 380 g/mol. The number of Topliss-reactive ketones (excluding diaryl/α,β-unsaturated/α-hetero) is 1. The van der Waals surface area contributed by atoms with E-state index >= 15 is 0 Å². The standard InChI is InChI=1S/C22H21N3O.ClH/c1-25-18-7-3-2-5-16(18)21(14-9-11-15(24)12-10-14)22-17(20(26)13-23)6-4-8-19(22)25;/h2-12,21H,13,23-24H2,1H3;1H. The predicted molar refractivity (Wildman–Crippen MR) is 113 cm³/mol. The smallest absolute Gasteiger partial charge is 0.176 e. The van der Waals surface area contributed by atoms with Crippen LogP contribution in [-0.4, -0.2) is 19.4 Å². The Bertz CT molecular complexity index is 985. The molecule has 1 atom stereocenters. The minimum atomic E-state index is -0.0462. The zero-order valence-corrected chi connectivity index (χ0v) is 15.9. The summed E-state index contributed by atoms with van der Waals surface area (Å²) in [5, 5.41) is 0. The quantitative estimate of drug-likeness (QED) is 0.531. The molecule has 3 aromatic carbocycles. The number of benzene rings is 3. The molecule has 27 heavy (non-hydrogen) atoms. The molecule has 0 fully saturated rings. The van der Waals surface area contributed by atoms with Gasteiger partial charge in [0.2, 0.25) is 0 Å². The lowest BCUT2D eigenvalue weighted by Gasteiger charge is -2.37. The zero-order chi connectivity index (χ0) is 18.3. The maximum atomic E-state index is 12.6. The number of ketones is 1. The molecule has 4 N–H and O–H groups in total. The second-order valence-corrected chi connectivity index (χ2v) is 6.58. The van der Waals surface area contributed by atoms with E-state index in [0.29, 0.717) is 5.56 Å². The molecule has 138 valence electrons. The number of nitrogens with zero attached hydrogens (tertiary/aromatic N) is 1. The number of hydrogen-bond acceptors (Lipinski definition) is 4. The van der Waals surface area contributed by atoms with Gasteiger partial charge in [0, 0.05) is 35.6 Å². The number of carbonyl (C=O) groups is 1. The lowest BCUT2D eigenvalue weighted by molar-refractivity contribution is 0.100. The fourth-order valence-corrected chi connectivity index (χ4v) is 3.86. The van der Waals surface area contributed by atoms with Gasteiger partial charge in [-0.25, -0.2) is 0 Å². The highest BCUT2D eigenvalue weighted by molar-refractivity contribution is 6.01. The van der Waals surface area contributed by atoms with Gasteiger partial charge in [-0.3, -0.25) is 4.79 Å². The molecule has 4 nitrogen and oxygen atoms in total. The molecule has 0 saturated carbocycles. The monoisotopic (exact) mass is 379 g/mol. The van der Waals surface area contributed by atoms with Crippen molar-refractivity contribution in [1.29, 1.82) is 0 Å². The second kappa shape index (κ2) is 7.43. The van der Waals surface area contributed by atoms with Crippen molar-refractivity contribution in [1.82, 2.24) is 0 Å². The first-order chi connectivity index (χ1) is 12.6. The Balaban J connectivity index is 0.00000210. The van der Waals surface area contributed by atoms with Gasteiger partial charge in [0.1, 0.15) is 0 Å². The van der Waals surface area contributed by atoms with Crippen molar-refractivity contribution in [3.05, 3.63) is 89.0 Å². The van der Waals surface area contributed by atoms with E-state index in [4.69, 9.17) is 11.5 Å². The summed E-state index contributed by atoms with van der Waals surface area (Å²) >= 11 is 0. The van der Waals surface area contributed by atoms with Crippen molar-refractivity contribution >= 4 is 35.3 Å². The van der Waals surface area contributed by atoms with Crippen molar-refractivity contribution in [2.75, 3.05) is 24.2 Å². The number of halogens is 1. The highest BCUT2D eigenvalue weighted by Gasteiger charge is 2.32. The Kier molecular flexibility index (Phi) is 5.22. The summed E-state index contributed by atoms with van der Waals surface area (Å²) in [4.78, 5) is 14.7. The van der Waals surface area contributed by atoms with Gasteiger partial charge in [0.15, 0.2) is 5.78 Å². The van der Waals surface area contributed by atoms with Gasteiger partial charge in [0.25, 0.3) is 0 Å². The van der Waals surface area contributed by atoms with Crippen LogP contribution < -0.4 is 16.4 Å². The van der Waals surface area contributed by atoms with E-state index in [0.717, 1.165) is 28.2 Å². The van der Waals surface area contributed by atoms with E-state index in [2.05, 4.69) is 23.1 Å². The predicted octanol–water partition coefficient (Wildman–Crippen LogP) is 4.09. The zero-order valence-electron chi connectivity index (χ0n) is 15.1. The molecule has 0 amide bonds. The summed E-state index contributed by atoms with van der Waals surface area (Å²) < 4.78 is 0. The lowest BCUT2D eigenvalue weighted by atomic mass is 9.77. The van der Waals surface area contributed by atoms with Crippen LogP contribution in [0.5, 0.6) is 0 Å². The minimum Gasteiger partial charge on any atom is -0.399 e. The fourth-order valence-electron chi connectivity index (χ4n) is 3.86. The van der Waals surface area contributed by atoms with Gasteiger partial charge in [-0.05, 0) is 41.0 Å². The number of rotatable bonds is 3. The molecule has 0 saturated heterocycles. The van der Waals surface area contributed by atoms with Crippen LogP contribution in [0.2, 0.25) is 0 Å². The largest absolute Gasteiger partial charge is 0.399 e.